The Hall–Kier alpha value is -3.37. The Balaban J connectivity index is 1.75. The zero-order chi connectivity index (χ0) is 18.8. The summed E-state index contributed by atoms with van der Waals surface area (Å²) in [5.74, 6) is 0. The van der Waals surface area contributed by atoms with E-state index in [1.54, 1.807) is 11.3 Å². The van der Waals surface area contributed by atoms with Gasteiger partial charge in [0.25, 0.3) is 0 Å². The minimum atomic E-state index is -0.948. The average molecular weight is 381 g/mol. The van der Waals surface area contributed by atoms with E-state index in [0.717, 1.165) is 39.7 Å². The monoisotopic (exact) mass is 381 g/mol. The van der Waals surface area contributed by atoms with Gasteiger partial charge in [0.15, 0.2) is 0 Å². The van der Waals surface area contributed by atoms with Crippen LogP contribution in [0.25, 0.3) is 30.9 Å². The number of hydrogen-bond donors (Lipinski definition) is 1. The molecule has 0 unspecified atom stereocenters. The number of nitrogens with zero attached hydrogens (tertiary/aromatic N) is 1. The summed E-state index contributed by atoms with van der Waals surface area (Å²) in [6, 6.07) is 24.5. The van der Waals surface area contributed by atoms with Gasteiger partial charge in [0.1, 0.15) is 0 Å². The van der Waals surface area contributed by atoms with Crippen molar-refractivity contribution < 1.29 is 9.90 Å². The van der Waals surface area contributed by atoms with Crippen molar-refractivity contribution >= 4 is 59.7 Å². The molecule has 134 valence electrons. The van der Waals surface area contributed by atoms with Gasteiger partial charge in [-0.05, 0) is 46.2 Å². The van der Waals surface area contributed by atoms with Crippen LogP contribution in [0.3, 0.4) is 0 Å². The Kier molecular flexibility index (Phi) is 3.11. The fraction of sp³-hybridized carbons (Fsp3) is 0.0417. The van der Waals surface area contributed by atoms with E-state index in [1.165, 1.54) is 25.1 Å². The third-order valence-corrected chi connectivity index (χ3v) is 6.80. The fourth-order valence-electron chi connectivity index (χ4n) is 4.50. The molecule has 0 saturated carbocycles. The summed E-state index contributed by atoms with van der Waals surface area (Å²) in [5.41, 5.74) is 3.71. The minimum Gasteiger partial charge on any atom is -0.464 e. The van der Waals surface area contributed by atoms with E-state index in [9.17, 15) is 9.90 Å². The molecule has 1 N–H and O–H groups in total. The molecular weight excluding hydrogens is 366 g/mol. The van der Waals surface area contributed by atoms with Gasteiger partial charge in [0.2, 0.25) is 0 Å². The van der Waals surface area contributed by atoms with E-state index in [-0.39, 0.29) is 0 Å². The zero-order valence-corrected chi connectivity index (χ0v) is 15.7. The van der Waals surface area contributed by atoms with Crippen molar-refractivity contribution in [3.8, 4) is 0 Å². The maximum absolute atomic E-state index is 12.3. The number of thiophene rings is 1. The maximum Gasteiger partial charge on any atom is 0.416 e. The highest BCUT2D eigenvalue weighted by Crippen LogP contribution is 2.47. The number of fused-ring (bicyclic) bond motifs is 8. The molecular formula is C24H15NO2S. The van der Waals surface area contributed by atoms with Gasteiger partial charge in [-0.1, -0.05) is 48.5 Å². The van der Waals surface area contributed by atoms with E-state index in [4.69, 9.17) is 0 Å². The molecule has 0 saturated heterocycles. The topological polar surface area (TPSA) is 40.5 Å². The van der Waals surface area contributed by atoms with Crippen LogP contribution in [0.2, 0.25) is 0 Å². The SMILES string of the molecule is O=C(O)N1c2ccc3ccccc3c2Cc2c1ccc1sc3ccccc3c21. The van der Waals surface area contributed by atoms with Gasteiger partial charge in [0, 0.05) is 26.6 Å². The third kappa shape index (κ3) is 2.01. The van der Waals surface area contributed by atoms with E-state index in [2.05, 4.69) is 42.5 Å². The van der Waals surface area contributed by atoms with Crippen molar-refractivity contribution in [3.63, 3.8) is 0 Å². The molecule has 2 heterocycles. The van der Waals surface area contributed by atoms with Crippen LogP contribution in [-0.2, 0) is 6.42 Å². The van der Waals surface area contributed by atoms with Crippen LogP contribution in [0, 0.1) is 0 Å². The van der Waals surface area contributed by atoms with Crippen LogP contribution in [0.15, 0.2) is 72.8 Å². The predicted molar refractivity (Wildman–Crippen MR) is 116 cm³/mol. The lowest BCUT2D eigenvalue weighted by Gasteiger charge is -2.31. The first-order valence-corrected chi connectivity index (χ1v) is 10.0. The molecule has 6 rings (SSSR count). The Labute approximate surface area is 165 Å². The molecule has 1 aliphatic heterocycles. The van der Waals surface area contributed by atoms with Crippen molar-refractivity contribution in [2.75, 3.05) is 4.90 Å². The zero-order valence-electron chi connectivity index (χ0n) is 14.8. The van der Waals surface area contributed by atoms with E-state index < -0.39 is 6.09 Å². The molecule has 28 heavy (non-hydrogen) atoms. The number of benzene rings is 4. The molecule has 0 radical (unpaired) electrons. The van der Waals surface area contributed by atoms with Gasteiger partial charge in [0.05, 0.1) is 11.4 Å². The summed E-state index contributed by atoms with van der Waals surface area (Å²) < 4.78 is 2.44. The van der Waals surface area contributed by atoms with E-state index in [1.807, 2.05) is 30.3 Å². The molecule has 1 aliphatic rings. The fourth-order valence-corrected chi connectivity index (χ4v) is 5.63. The molecule has 1 aromatic heterocycles. The number of hydrogen-bond acceptors (Lipinski definition) is 2. The van der Waals surface area contributed by atoms with Crippen LogP contribution >= 0.6 is 11.3 Å². The van der Waals surface area contributed by atoms with Crippen LogP contribution in [-0.4, -0.2) is 11.2 Å². The molecule has 0 fully saturated rings. The van der Waals surface area contributed by atoms with Crippen molar-refractivity contribution in [1.29, 1.82) is 0 Å². The summed E-state index contributed by atoms with van der Waals surface area (Å²) in [5, 5.41) is 14.7. The van der Waals surface area contributed by atoms with Crippen LogP contribution in [0.5, 0.6) is 0 Å². The number of anilines is 2. The normalized spacial score (nSPS) is 13.1. The summed E-state index contributed by atoms with van der Waals surface area (Å²) in [7, 11) is 0. The minimum absolute atomic E-state index is 0.730. The van der Waals surface area contributed by atoms with Gasteiger partial charge in [-0.3, -0.25) is 0 Å². The standard InChI is InChI=1S/C24H15NO2S/c26-24(27)25-19-10-9-14-5-1-2-6-15(14)17(19)13-18-20(25)11-12-22-23(18)16-7-3-4-8-21(16)28-22/h1-12H,13H2,(H,26,27). The molecule has 0 spiro atoms. The van der Waals surface area contributed by atoms with Gasteiger partial charge >= 0.3 is 6.09 Å². The van der Waals surface area contributed by atoms with Gasteiger partial charge in [-0.2, -0.15) is 0 Å². The first kappa shape index (κ1) is 15.7. The molecule has 0 bridgehead atoms. The molecule has 5 aromatic rings. The molecule has 1 amide bonds. The van der Waals surface area contributed by atoms with Gasteiger partial charge in [-0.15, -0.1) is 11.3 Å². The highest BCUT2D eigenvalue weighted by molar-refractivity contribution is 7.25. The average Bonchev–Trinajstić information content (AvgIpc) is 3.11. The summed E-state index contributed by atoms with van der Waals surface area (Å²) in [6.45, 7) is 0. The molecule has 3 nitrogen and oxygen atoms in total. The van der Waals surface area contributed by atoms with Crippen LogP contribution < -0.4 is 4.90 Å². The lowest BCUT2D eigenvalue weighted by molar-refractivity contribution is 0.204. The van der Waals surface area contributed by atoms with E-state index in [0.29, 0.717) is 0 Å². The summed E-state index contributed by atoms with van der Waals surface area (Å²) in [6.07, 6.45) is -0.218. The van der Waals surface area contributed by atoms with Crippen molar-refractivity contribution in [3.05, 3.63) is 83.9 Å². The third-order valence-electron chi connectivity index (χ3n) is 5.67. The van der Waals surface area contributed by atoms with Gasteiger partial charge in [-0.25, -0.2) is 9.69 Å². The smallest absolute Gasteiger partial charge is 0.416 e. The van der Waals surface area contributed by atoms with Crippen molar-refractivity contribution in [2.45, 2.75) is 6.42 Å². The Morgan fingerprint density at radius 2 is 1.50 bits per heavy atom. The Morgan fingerprint density at radius 3 is 2.36 bits per heavy atom. The molecule has 4 heteroatoms. The second kappa shape index (κ2) is 5.57. The highest BCUT2D eigenvalue weighted by Gasteiger charge is 2.30. The van der Waals surface area contributed by atoms with Crippen molar-refractivity contribution in [2.24, 2.45) is 0 Å². The van der Waals surface area contributed by atoms with Gasteiger partial charge < -0.3 is 5.11 Å². The van der Waals surface area contributed by atoms with E-state index >= 15 is 0 Å². The molecule has 0 aliphatic carbocycles. The van der Waals surface area contributed by atoms with Crippen LogP contribution in [0.4, 0.5) is 16.2 Å². The quantitative estimate of drug-likeness (QED) is 0.316. The predicted octanol–water partition coefficient (Wildman–Crippen LogP) is 6.93. The second-order valence-corrected chi connectivity index (χ2v) is 8.20. The number of carbonyl (C=O) groups is 1. The molecule has 4 aromatic carbocycles. The lowest BCUT2D eigenvalue weighted by atomic mass is 9.89. The summed E-state index contributed by atoms with van der Waals surface area (Å²) >= 11 is 1.76. The first-order chi connectivity index (χ1) is 13.7. The van der Waals surface area contributed by atoms with Crippen molar-refractivity contribution in [1.82, 2.24) is 0 Å². The largest absolute Gasteiger partial charge is 0.464 e. The second-order valence-electron chi connectivity index (χ2n) is 7.11. The number of carboxylic acid groups (broad SMARTS) is 1. The Morgan fingerprint density at radius 1 is 0.786 bits per heavy atom. The number of amides is 1. The molecule has 0 atom stereocenters. The summed E-state index contributed by atoms with van der Waals surface area (Å²) in [4.78, 5) is 13.7. The lowest BCUT2D eigenvalue weighted by Crippen LogP contribution is -2.28. The number of rotatable bonds is 0. The van der Waals surface area contributed by atoms with Crippen LogP contribution in [0.1, 0.15) is 11.1 Å². The Bertz CT molecular complexity index is 1430. The first-order valence-electron chi connectivity index (χ1n) is 9.19. The maximum atomic E-state index is 12.3. The highest BCUT2D eigenvalue weighted by atomic mass is 32.1.